The first-order chi connectivity index (χ1) is 10.3. The van der Waals surface area contributed by atoms with Crippen molar-refractivity contribution in [1.82, 2.24) is 0 Å². The van der Waals surface area contributed by atoms with E-state index in [0.29, 0.717) is 5.75 Å². The van der Waals surface area contributed by atoms with Gasteiger partial charge in [0, 0.05) is 15.4 Å². The zero-order chi connectivity index (χ0) is 14.4. The van der Waals surface area contributed by atoms with E-state index in [2.05, 4.69) is 15.9 Å². The molecule has 0 unspecified atom stereocenters. The zero-order valence-electron chi connectivity index (χ0n) is 11.2. The minimum atomic E-state index is 0.262. The number of rotatable bonds is 2. The first kappa shape index (κ1) is 12.6. The molecule has 1 aliphatic rings. The lowest BCUT2D eigenvalue weighted by atomic mass is 10.1. The minimum Gasteiger partial charge on any atom is -0.493 e. The number of methoxy groups -OCH3 is 1. The molecule has 0 amide bonds. The molecule has 3 aromatic rings. The molecule has 5 heteroatoms. The van der Waals surface area contributed by atoms with Crippen molar-refractivity contribution in [2.75, 3.05) is 13.9 Å². The summed E-state index contributed by atoms with van der Waals surface area (Å²) < 4.78 is 23.0. The molecule has 0 aliphatic carbocycles. The van der Waals surface area contributed by atoms with Crippen molar-refractivity contribution in [1.29, 1.82) is 0 Å². The van der Waals surface area contributed by atoms with Crippen molar-refractivity contribution in [2.45, 2.75) is 0 Å². The van der Waals surface area contributed by atoms with Crippen LogP contribution in [0.25, 0.3) is 22.3 Å². The Bertz CT molecular complexity index is 838. The summed E-state index contributed by atoms with van der Waals surface area (Å²) in [5.41, 5.74) is 1.66. The number of benzene rings is 2. The lowest BCUT2D eigenvalue weighted by molar-refractivity contribution is 0.174. The number of furan rings is 1. The van der Waals surface area contributed by atoms with Crippen LogP contribution in [0.4, 0.5) is 0 Å². The summed E-state index contributed by atoms with van der Waals surface area (Å²) in [7, 11) is 1.63. The summed E-state index contributed by atoms with van der Waals surface area (Å²) in [5.74, 6) is 2.96. The summed E-state index contributed by atoms with van der Waals surface area (Å²) in [6.45, 7) is 0.262. The smallest absolute Gasteiger partial charge is 0.231 e. The van der Waals surface area contributed by atoms with E-state index in [-0.39, 0.29) is 6.79 Å². The lowest BCUT2D eigenvalue weighted by Crippen LogP contribution is -1.92. The molecule has 0 fully saturated rings. The van der Waals surface area contributed by atoms with Crippen LogP contribution in [0.5, 0.6) is 17.2 Å². The Morgan fingerprint density at radius 3 is 2.76 bits per heavy atom. The second-order valence-electron chi connectivity index (χ2n) is 4.67. The molecular formula is C16H11BrO4. The summed E-state index contributed by atoms with van der Waals surface area (Å²) in [6.07, 6.45) is 0. The van der Waals surface area contributed by atoms with Crippen molar-refractivity contribution < 1.29 is 18.6 Å². The Kier molecular flexibility index (Phi) is 2.82. The van der Waals surface area contributed by atoms with E-state index in [1.807, 2.05) is 36.4 Å². The standard InChI is InChI=1S/C16H11BrO4/c1-18-13-5-3-11(17)10-7-14(21-16(10)13)9-2-4-12-15(6-9)20-8-19-12/h2-7H,8H2,1H3. The quantitative estimate of drug-likeness (QED) is 0.679. The number of hydrogen-bond acceptors (Lipinski definition) is 4. The van der Waals surface area contributed by atoms with E-state index in [9.17, 15) is 0 Å². The third-order valence-electron chi connectivity index (χ3n) is 3.47. The van der Waals surface area contributed by atoms with Crippen molar-refractivity contribution >= 4 is 26.9 Å². The average molecular weight is 347 g/mol. The zero-order valence-corrected chi connectivity index (χ0v) is 12.8. The Labute approximate surface area is 129 Å². The van der Waals surface area contributed by atoms with Gasteiger partial charge >= 0.3 is 0 Å². The highest BCUT2D eigenvalue weighted by Gasteiger charge is 2.17. The highest BCUT2D eigenvalue weighted by Crippen LogP contribution is 2.40. The van der Waals surface area contributed by atoms with Gasteiger partial charge in [-0.2, -0.15) is 0 Å². The molecule has 0 N–H and O–H groups in total. The van der Waals surface area contributed by atoms with Crippen LogP contribution in [-0.4, -0.2) is 13.9 Å². The van der Waals surface area contributed by atoms with Gasteiger partial charge in [-0.15, -0.1) is 0 Å². The molecule has 2 heterocycles. The third-order valence-corrected chi connectivity index (χ3v) is 4.16. The number of halogens is 1. The van der Waals surface area contributed by atoms with Gasteiger partial charge in [0.25, 0.3) is 0 Å². The van der Waals surface area contributed by atoms with Gasteiger partial charge in [0.1, 0.15) is 5.76 Å². The van der Waals surface area contributed by atoms with Crippen LogP contribution in [0.15, 0.2) is 45.3 Å². The summed E-state index contributed by atoms with van der Waals surface area (Å²) >= 11 is 3.54. The normalized spacial score (nSPS) is 12.9. The Balaban J connectivity index is 1.89. The second-order valence-corrected chi connectivity index (χ2v) is 5.53. The van der Waals surface area contributed by atoms with Crippen LogP contribution < -0.4 is 14.2 Å². The van der Waals surface area contributed by atoms with Crippen LogP contribution in [0.1, 0.15) is 0 Å². The topological polar surface area (TPSA) is 40.8 Å². The Hall–Kier alpha value is -2.14. The van der Waals surface area contributed by atoms with Crippen molar-refractivity contribution in [3.05, 3.63) is 40.9 Å². The highest BCUT2D eigenvalue weighted by atomic mass is 79.9. The van der Waals surface area contributed by atoms with Crippen LogP contribution in [0.2, 0.25) is 0 Å². The molecule has 4 rings (SSSR count). The maximum Gasteiger partial charge on any atom is 0.231 e. The fourth-order valence-corrected chi connectivity index (χ4v) is 2.85. The van der Waals surface area contributed by atoms with Crippen LogP contribution >= 0.6 is 15.9 Å². The predicted molar refractivity (Wildman–Crippen MR) is 82.0 cm³/mol. The van der Waals surface area contributed by atoms with Crippen LogP contribution in [0, 0.1) is 0 Å². The van der Waals surface area contributed by atoms with Gasteiger partial charge in [-0.1, -0.05) is 15.9 Å². The largest absolute Gasteiger partial charge is 0.493 e. The minimum absolute atomic E-state index is 0.262. The molecule has 21 heavy (non-hydrogen) atoms. The summed E-state index contributed by atoms with van der Waals surface area (Å²) in [4.78, 5) is 0. The van der Waals surface area contributed by atoms with Gasteiger partial charge in [0.2, 0.25) is 6.79 Å². The third kappa shape index (κ3) is 1.96. The van der Waals surface area contributed by atoms with Gasteiger partial charge in [-0.25, -0.2) is 0 Å². The molecule has 0 atom stereocenters. The predicted octanol–water partition coefficient (Wildman–Crippen LogP) is 4.60. The van der Waals surface area contributed by atoms with E-state index < -0.39 is 0 Å². The van der Waals surface area contributed by atoms with E-state index in [0.717, 1.165) is 38.3 Å². The molecule has 0 bridgehead atoms. The van der Waals surface area contributed by atoms with Crippen molar-refractivity contribution in [3.8, 4) is 28.6 Å². The van der Waals surface area contributed by atoms with Gasteiger partial charge < -0.3 is 18.6 Å². The molecule has 1 aromatic heterocycles. The first-order valence-corrected chi connectivity index (χ1v) is 7.21. The van der Waals surface area contributed by atoms with Gasteiger partial charge in [0.15, 0.2) is 22.8 Å². The first-order valence-electron chi connectivity index (χ1n) is 6.42. The molecule has 1 aliphatic heterocycles. The molecule has 0 saturated carbocycles. The molecule has 0 radical (unpaired) electrons. The number of hydrogen-bond donors (Lipinski definition) is 0. The van der Waals surface area contributed by atoms with E-state index in [4.69, 9.17) is 18.6 Å². The number of ether oxygens (including phenoxy) is 3. The maximum absolute atomic E-state index is 5.97. The summed E-state index contributed by atoms with van der Waals surface area (Å²) in [5, 5.41) is 0.974. The monoisotopic (exact) mass is 346 g/mol. The highest BCUT2D eigenvalue weighted by molar-refractivity contribution is 9.10. The Morgan fingerprint density at radius 1 is 1.05 bits per heavy atom. The molecular weight excluding hydrogens is 336 g/mol. The van der Waals surface area contributed by atoms with Crippen molar-refractivity contribution in [3.63, 3.8) is 0 Å². The van der Waals surface area contributed by atoms with E-state index in [1.54, 1.807) is 7.11 Å². The molecule has 2 aromatic carbocycles. The Morgan fingerprint density at radius 2 is 1.90 bits per heavy atom. The average Bonchev–Trinajstić information content (AvgIpc) is 3.14. The molecule has 0 spiro atoms. The van der Waals surface area contributed by atoms with E-state index in [1.165, 1.54) is 0 Å². The SMILES string of the molecule is COc1ccc(Br)c2cc(-c3ccc4c(c3)OCO4)oc12. The number of fused-ring (bicyclic) bond motifs is 2. The van der Waals surface area contributed by atoms with Crippen LogP contribution in [0.3, 0.4) is 0 Å². The van der Waals surface area contributed by atoms with E-state index >= 15 is 0 Å². The summed E-state index contributed by atoms with van der Waals surface area (Å²) in [6, 6.07) is 11.6. The fourth-order valence-electron chi connectivity index (χ4n) is 2.42. The van der Waals surface area contributed by atoms with Crippen molar-refractivity contribution in [2.24, 2.45) is 0 Å². The molecule has 106 valence electrons. The van der Waals surface area contributed by atoms with Crippen LogP contribution in [-0.2, 0) is 0 Å². The molecule has 4 nitrogen and oxygen atoms in total. The van der Waals surface area contributed by atoms with Gasteiger partial charge in [-0.3, -0.25) is 0 Å². The maximum atomic E-state index is 5.97. The van der Waals surface area contributed by atoms with Gasteiger partial charge in [-0.05, 0) is 36.4 Å². The lowest BCUT2D eigenvalue weighted by Gasteiger charge is -2.01. The fraction of sp³-hybridized carbons (Fsp3) is 0.125. The molecule has 0 saturated heterocycles. The second kappa shape index (κ2) is 4.70. The van der Waals surface area contributed by atoms with Gasteiger partial charge in [0.05, 0.1) is 7.11 Å².